The molecule has 0 aliphatic carbocycles. The van der Waals surface area contributed by atoms with Crippen molar-refractivity contribution in [2.24, 2.45) is 0 Å². The van der Waals surface area contributed by atoms with Crippen LogP contribution >= 0.6 is 0 Å². The Morgan fingerprint density at radius 1 is 1.26 bits per heavy atom. The van der Waals surface area contributed by atoms with Gasteiger partial charge in [-0.3, -0.25) is 0 Å². The zero-order valence-electron chi connectivity index (χ0n) is 11.7. The molecule has 0 atom stereocenters. The summed E-state index contributed by atoms with van der Waals surface area (Å²) < 4.78 is 2.04. The monoisotopic (exact) mass is 253 g/mol. The van der Waals surface area contributed by atoms with Gasteiger partial charge in [0.2, 0.25) is 0 Å². The van der Waals surface area contributed by atoms with Gasteiger partial charge in [-0.25, -0.2) is 0 Å². The van der Waals surface area contributed by atoms with Gasteiger partial charge in [0.05, 0.1) is 5.56 Å². The van der Waals surface area contributed by atoms with Crippen molar-refractivity contribution in [2.45, 2.75) is 33.7 Å². The highest BCUT2D eigenvalue weighted by molar-refractivity contribution is 5.57. The molecule has 98 valence electrons. The number of nitrogen functional groups attached to an aromatic ring is 1. The van der Waals surface area contributed by atoms with E-state index < -0.39 is 0 Å². The highest BCUT2D eigenvalue weighted by Crippen LogP contribution is 2.23. The van der Waals surface area contributed by atoms with Gasteiger partial charge in [-0.2, -0.15) is 5.26 Å². The van der Waals surface area contributed by atoms with Gasteiger partial charge < -0.3 is 10.3 Å². The van der Waals surface area contributed by atoms with E-state index in [1.165, 1.54) is 11.1 Å². The predicted octanol–water partition coefficient (Wildman–Crippen LogP) is 3.11. The van der Waals surface area contributed by atoms with Gasteiger partial charge in [-0.05, 0) is 38.3 Å². The lowest BCUT2D eigenvalue weighted by molar-refractivity contribution is 0.688. The van der Waals surface area contributed by atoms with Crippen molar-refractivity contribution >= 4 is 5.82 Å². The molecule has 2 N–H and O–H groups in total. The maximum absolute atomic E-state index is 9.12. The van der Waals surface area contributed by atoms with Gasteiger partial charge in [0.1, 0.15) is 11.9 Å². The van der Waals surface area contributed by atoms with E-state index in [2.05, 4.69) is 37.3 Å². The van der Waals surface area contributed by atoms with E-state index >= 15 is 0 Å². The molecule has 19 heavy (non-hydrogen) atoms. The number of benzene rings is 1. The van der Waals surface area contributed by atoms with Crippen molar-refractivity contribution in [3.8, 4) is 6.07 Å². The Bertz CT molecular complexity index is 645. The smallest absolute Gasteiger partial charge is 0.122 e. The second-order valence-electron chi connectivity index (χ2n) is 4.97. The fourth-order valence-electron chi connectivity index (χ4n) is 2.43. The van der Waals surface area contributed by atoms with E-state index in [0.717, 1.165) is 24.2 Å². The molecular formula is C16H19N3. The lowest BCUT2D eigenvalue weighted by Gasteiger charge is -2.09. The van der Waals surface area contributed by atoms with Crippen LogP contribution in [0.25, 0.3) is 0 Å². The molecule has 1 aromatic carbocycles. The third-order valence-electron chi connectivity index (χ3n) is 3.69. The fourth-order valence-corrected chi connectivity index (χ4v) is 2.43. The Morgan fingerprint density at radius 2 is 2.00 bits per heavy atom. The van der Waals surface area contributed by atoms with Crippen LogP contribution in [-0.4, -0.2) is 4.57 Å². The third kappa shape index (κ3) is 2.48. The number of nitrogens with zero attached hydrogens (tertiary/aromatic N) is 2. The SMILES string of the molecule is Cc1cccc(CCn2c(C)c(C)c(C#N)c2N)c1. The third-order valence-corrected chi connectivity index (χ3v) is 3.69. The summed E-state index contributed by atoms with van der Waals surface area (Å²) in [5, 5.41) is 9.12. The minimum absolute atomic E-state index is 0.588. The number of aromatic nitrogens is 1. The first-order valence-electron chi connectivity index (χ1n) is 6.45. The van der Waals surface area contributed by atoms with Crippen LogP contribution in [0.5, 0.6) is 0 Å². The van der Waals surface area contributed by atoms with Gasteiger partial charge >= 0.3 is 0 Å². The Kier molecular flexibility index (Phi) is 3.62. The number of aryl methyl sites for hydroxylation is 2. The normalized spacial score (nSPS) is 10.4. The average molecular weight is 253 g/mol. The van der Waals surface area contributed by atoms with E-state index in [4.69, 9.17) is 11.0 Å². The van der Waals surface area contributed by atoms with Crippen LogP contribution in [0.15, 0.2) is 24.3 Å². The van der Waals surface area contributed by atoms with E-state index in [0.29, 0.717) is 11.4 Å². The predicted molar refractivity (Wildman–Crippen MR) is 77.9 cm³/mol. The molecule has 0 aliphatic rings. The topological polar surface area (TPSA) is 54.7 Å². The molecule has 0 saturated heterocycles. The summed E-state index contributed by atoms with van der Waals surface area (Å²) in [6, 6.07) is 10.7. The van der Waals surface area contributed by atoms with E-state index in [1.54, 1.807) is 0 Å². The Hall–Kier alpha value is -2.21. The van der Waals surface area contributed by atoms with Crippen LogP contribution in [0.3, 0.4) is 0 Å². The van der Waals surface area contributed by atoms with Crippen LogP contribution in [0.2, 0.25) is 0 Å². The lowest BCUT2D eigenvalue weighted by atomic mass is 10.1. The molecule has 0 saturated carbocycles. The summed E-state index contributed by atoms with van der Waals surface area (Å²) in [4.78, 5) is 0. The van der Waals surface area contributed by atoms with E-state index in [1.807, 2.05) is 18.4 Å². The van der Waals surface area contributed by atoms with Crippen molar-refractivity contribution in [1.82, 2.24) is 4.57 Å². The molecule has 3 nitrogen and oxygen atoms in total. The Morgan fingerprint density at radius 3 is 2.58 bits per heavy atom. The van der Waals surface area contributed by atoms with Crippen molar-refractivity contribution in [3.05, 3.63) is 52.2 Å². The Labute approximate surface area is 114 Å². The number of nitrogens with two attached hydrogens (primary N) is 1. The van der Waals surface area contributed by atoms with Crippen LogP contribution in [0.4, 0.5) is 5.82 Å². The molecule has 3 heteroatoms. The number of hydrogen-bond donors (Lipinski definition) is 1. The number of nitriles is 1. The first-order valence-corrected chi connectivity index (χ1v) is 6.45. The van der Waals surface area contributed by atoms with Gasteiger partial charge in [0.15, 0.2) is 0 Å². The maximum Gasteiger partial charge on any atom is 0.122 e. The molecule has 0 aliphatic heterocycles. The van der Waals surface area contributed by atoms with E-state index in [-0.39, 0.29) is 0 Å². The summed E-state index contributed by atoms with van der Waals surface area (Å²) in [6.07, 6.45) is 0.922. The quantitative estimate of drug-likeness (QED) is 0.913. The summed E-state index contributed by atoms with van der Waals surface area (Å²) in [5.74, 6) is 0.588. The summed E-state index contributed by atoms with van der Waals surface area (Å²) in [7, 11) is 0. The molecule has 0 radical (unpaired) electrons. The zero-order chi connectivity index (χ0) is 14.0. The zero-order valence-corrected chi connectivity index (χ0v) is 11.7. The second-order valence-corrected chi connectivity index (χ2v) is 4.97. The summed E-state index contributed by atoms with van der Waals surface area (Å²) in [5.41, 5.74) is 11.3. The molecule has 0 fully saturated rings. The van der Waals surface area contributed by atoms with Crippen LogP contribution in [0, 0.1) is 32.1 Å². The fraction of sp³-hybridized carbons (Fsp3) is 0.312. The minimum Gasteiger partial charge on any atom is -0.384 e. The van der Waals surface area contributed by atoms with Gasteiger partial charge in [0.25, 0.3) is 0 Å². The molecular weight excluding hydrogens is 234 g/mol. The van der Waals surface area contributed by atoms with Crippen LogP contribution in [0.1, 0.15) is 27.9 Å². The molecule has 2 aromatic rings. The standard InChI is InChI=1S/C16H19N3/c1-11-5-4-6-14(9-11)7-8-19-13(3)12(2)15(10-17)16(19)18/h4-6,9H,7-8,18H2,1-3H3. The van der Waals surface area contributed by atoms with Gasteiger partial charge in [0, 0.05) is 12.2 Å². The van der Waals surface area contributed by atoms with Gasteiger partial charge in [-0.1, -0.05) is 29.8 Å². The molecule has 0 bridgehead atoms. The number of rotatable bonds is 3. The van der Waals surface area contributed by atoms with Crippen molar-refractivity contribution in [2.75, 3.05) is 5.73 Å². The largest absolute Gasteiger partial charge is 0.384 e. The molecule has 0 spiro atoms. The first kappa shape index (κ1) is 13.2. The van der Waals surface area contributed by atoms with Crippen molar-refractivity contribution in [3.63, 3.8) is 0 Å². The van der Waals surface area contributed by atoms with Crippen LogP contribution < -0.4 is 5.73 Å². The molecule has 2 rings (SSSR count). The van der Waals surface area contributed by atoms with Gasteiger partial charge in [-0.15, -0.1) is 0 Å². The van der Waals surface area contributed by atoms with Crippen molar-refractivity contribution < 1.29 is 0 Å². The second kappa shape index (κ2) is 5.19. The summed E-state index contributed by atoms with van der Waals surface area (Å²) >= 11 is 0. The molecule has 1 aromatic heterocycles. The highest BCUT2D eigenvalue weighted by atomic mass is 15.1. The van der Waals surface area contributed by atoms with E-state index in [9.17, 15) is 0 Å². The number of hydrogen-bond acceptors (Lipinski definition) is 2. The average Bonchev–Trinajstić information content (AvgIpc) is 2.58. The van der Waals surface area contributed by atoms with Crippen LogP contribution in [-0.2, 0) is 13.0 Å². The lowest BCUT2D eigenvalue weighted by Crippen LogP contribution is -2.07. The first-order chi connectivity index (χ1) is 9.04. The number of anilines is 1. The molecule has 0 amide bonds. The molecule has 0 unspecified atom stereocenters. The van der Waals surface area contributed by atoms with Crippen molar-refractivity contribution in [1.29, 1.82) is 5.26 Å². The molecule has 1 heterocycles. The maximum atomic E-state index is 9.12. The summed E-state index contributed by atoms with van der Waals surface area (Å²) in [6.45, 7) is 6.87. The minimum atomic E-state index is 0.588. The Balaban J connectivity index is 2.24. The highest BCUT2D eigenvalue weighted by Gasteiger charge is 2.14.